The third kappa shape index (κ3) is 4.36. The van der Waals surface area contributed by atoms with Crippen molar-refractivity contribution in [2.45, 2.75) is 52.1 Å². The molecule has 1 fully saturated rings. The number of hydrogen-bond donors (Lipinski definition) is 2. The van der Waals surface area contributed by atoms with Crippen molar-refractivity contribution in [3.63, 3.8) is 0 Å². The number of carbonyl (C=O) groups excluding carboxylic acids is 1. The zero-order chi connectivity index (χ0) is 20.6. The van der Waals surface area contributed by atoms with Crippen LogP contribution in [0.25, 0.3) is 5.52 Å². The van der Waals surface area contributed by atoms with E-state index in [1.54, 1.807) is 4.90 Å². The highest BCUT2D eigenvalue weighted by atomic mass is 16.6. The van der Waals surface area contributed by atoms with Gasteiger partial charge in [-0.05, 0) is 52.7 Å². The molecule has 0 saturated carbocycles. The molecular weight excluding hydrogens is 368 g/mol. The van der Waals surface area contributed by atoms with Crippen LogP contribution in [-0.4, -0.2) is 49.3 Å². The maximum Gasteiger partial charge on any atom is 0.410 e. The molecular formula is C21H28N6O2. The van der Waals surface area contributed by atoms with Crippen LogP contribution in [0.3, 0.4) is 0 Å². The minimum Gasteiger partial charge on any atom is -0.444 e. The van der Waals surface area contributed by atoms with Crippen molar-refractivity contribution in [2.75, 3.05) is 18.4 Å². The van der Waals surface area contributed by atoms with E-state index in [9.17, 15) is 4.79 Å². The van der Waals surface area contributed by atoms with Gasteiger partial charge in [-0.1, -0.05) is 0 Å². The number of aromatic nitrogens is 4. The summed E-state index contributed by atoms with van der Waals surface area (Å²) in [5.74, 6) is 1.82. The van der Waals surface area contributed by atoms with Crippen LogP contribution >= 0.6 is 0 Å². The topological polar surface area (TPSA) is 87.6 Å². The Morgan fingerprint density at radius 3 is 2.72 bits per heavy atom. The number of amides is 1. The molecule has 154 valence electrons. The highest BCUT2D eigenvalue weighted by Crippen LogP contribution is 2.30. The molecule has 4 rings (SSSR count). The van der Waals surface area contributed by atoms with Crippen LogP contribution in [0.4, 0.5) is 16.4 Å². The first-order valence-electron chi connectivity index (χ1n) is 10.0. The smallest absolute Gasteiger partial charge is 0.410 e. The highest BCUT2D eigenvalue weighted by Gasteiger charge is 2.28. The Morgan fingerprint density at radius 1 is 1.31 bits per heavy atom. The predicted octanol–water partition coefficient (Wildman–Crippen LogP) is 4.22. The summed E-state index contributed by atoms with van der Waals surface area (Å²) in [6, 6.07) is 5.99. The number of H-pyrrole nitrogens is 1. The number of nitrogens with zero attached hydrogens (tertiary/aromatic N) is 4. The number of hydrogen-bond acceptors (Lipinski definition) is 5. The van der Waals surface area contributed by atoms with Crippen LogP contribution in [0.2, 0.25) is 0 Å². The van der Waals surface area contributed by atoms with Gasteiger partial charge in [-0.3, -0.25) is 5.10 Å². The molecule has 8 heteroatoms. The molecule has 8 nitrogen and oxygen atoms in total. The quantitative estimate of drug-likeness (QED) is 0.692. The standard InChI is InChI=1S/C21H28N6O2/c1-14-12-18(25-24-14)23-19-17-6-5-9-27(17)13-16(22-19)15-7-10-26(11-8-15)20(28)29-21(2,3)4/h5-6,9,12-13,15H,7-8,10-11H2,1-4H3,(H2,22,23,24,25). The summed E-state index contributed by atoms with van der Waals surface area (Å²) >= 11 is 0. The number of piperidine rings is 1. The van der Waals surface area contributed by atoms with Crippen LogP contribution in [0.1, 0.15) is 50.9 Å². The second-order valence-electron chi connectivity index (χ2n) is 8.62. The Bertz CT molecular complexity index is 1010. The van der Waals surface area contributed by atoms with Gasteiger partial charge < -0.3 is 19.4 Å². The molecule has 0 aromatic carbocycles. The van der Waals surface area contributed by atoms with E-state index in [-0.39, 0.29) is 6.09 Å². The summed E-state index contributed by atoms with van der Waals surface area (Å²) in [7, 11) is 0. The lowest BCUT2D eigenvalue weighted by molar-refractivity contribution is 0.0204. The second kappa shape index (κ2) is 7.42. The number of aromatic amines is 1. The van der Waals surface area contributed by atoms with Crippen molar-refractivity contribution < 1.29 is 9.53 Å². The highest BCUT2D eigenvalue weighted by molar-refractivity contribution is 5.73. The molecule has 0 unspecified atom stereocenters. The van der Waals surface area contributed by atoms with Crippen molar-refractivity contribution in [1.29, 1.82) is 0 Å². The second-order valence-corrected chi connectivity index (χ2v) is 8.62. The van der Waals surface area contributed by atoms with Gasteiger partial charge in [0.15, 0.2) is 11.6 Å². The summed E-state index contributed by atoms with van der Waals surface area (Å²) < 4.78 is 7.59. The average molecular weight is 396 g/mol. The van der Waals surface area contributed by atoms with E-state index in [1.807, 2.05) is 52.1 Å². The monoisotopic (exact) mass is 396 g/mol. The molecule has 0 bridgehead atoms. The Morgan fingerprint density at radius 2 is 2.07 bits per heavy atom. The van der Waals surface area contributed by atoms with Gasteiger partial charge in [-0.15, -0.1) is 0 Å². The van der Waals surface area contributed by atoms with Crippen molar-refractivity contribution >= 4 is 23.2 Å². The van der Waals surface area contributed by atoms with E-state index >= 15 is 0 Å². The van der Waals surface area contributed by atoms with E-state index in [2.05, 4.69) is 26.1 Å². The molecule has 4 heterocycles. The van der Waals surface area contributed by atoms with Crippen LogP contribution in [0, 0.1) is 6.92 Å². The number of aryl methyl sites for hydroxylation is 1. The zero-order valence-corrected chi connectivity index (χ0v) is 17.4. The molecule has 1 aliphatic rings. The van der Waals surface area contributed by atoms with E-state index < -0.39 is 5.60 Å². The minimum atomic E-state index is -0.472. The summed E-state index contributed by atoms with van der Waals surface area (Å²) in [5.41, 5.74) is 2.54. The Balaban J connectivity index is 1.51. The molecule has 1 amide bonds. The molecule has 0 aliphatic carbocycles. The van der Waals surface area contributed by atoms with Crippen molar-refractivity contribution in [1.82, 2.24) is 24.5 Å². The van der Waals surface area contributed by atoms with Crippen LogP contribution in [0.15, 0.2) is 30.6 Å². The first-order chi connectivity index (χ1) is 13.8. The first-order valence-corrected chi connectivity index (χ1v) is 10.0. The molecule has 3 aromatic heterocycles. The fourth-order valence-corrected chi connectivity index (χ4v) is 3.64. The van der Waals surface area contributed by atoms with Crippen molar-refractivity contribution in [3.8, 4) is 0 Å². The Kier molecular flexibility index (Phi) is 4.94. The molecule has 29 heavy (non-hydrogen) atoms. The lowest BCUT2D eigenvalue weighted by Crippen LogP contribution is -2.41. The fourth-order valence-electron chi connectivity index (χ4n) is 3.64. The number of carbonyl (C=O) groups is 1. The summed E-state index contributed by atoms with van der Waals surface area (Å²) in [5, 5.41) is 10.5. The molecule has 0 atom stereocenters. The molecule has 1 aliphatic heterocycles. The third-order valence-corrected chi connectivity index (χ3v) is 5.05. The zero-order valence-electron chi connectivity index (χ0n) is 17.4. The number of rotatable bonds is 3. The van der Waals surface area contributed by atoms with Crippen molar-refractivity contribution in [3.05, 3.63) is 42.0 Å². The Hall–Kier alpha value is -3.03. The van der Waals surface area contributed by atoms with E-state index in [0.717, 1.165) is 41.4 Å². The fraction of sp³-hybridized carbons (Fsp3) is 0.476. The van der Waals surface area contributed by atoms with Gasteiger partial charge in [-0.25, -0.2) is 9.78 Å². The minimum absolute atomic E-state index is 0.235. The Labute approximate surface area is 170 Å². The number of nitrogens with one attached hydrogen (secondary N) is 2. The normalized spacial score (nSPS) is 15.7. The number of likely N-dealkylation sites (tertiary alicyclic amines) is 1. The average Bonchev–Trinajstić information content (AvgIpc) is 3.29. The predicted molar refractivity (Wildman–Crippen MR) is 112 cm³/mol. The lowest BCUT2D eigenvalue weighted by atomic mass is 9.94. The van der Waals surface area contributed by atoms with Gasteiger partial charge in [-0.2, -0.15) is 5.10 Å². The van der Waals surface area contributed by atoms with E-state index in [1.165, 1.54) is 0 Å². The van der Waals surface area contributed by atoms with Crippen LogP contribution in [0.5, 0.6) is 0 Å². The summed E-state index contributed by atoms with van der Waals surface area (Å²) in [6.45, 7) is 8.99. The molecule has 3 aromatic rings. The number of anilines is 2. The summed E-state index contributed by atoms with van der Waals surface area (Å²) in [6.07, 6.45) is 5.60. The van der Waals surface area contributed by atoms with E-state index in [4.69, 9.17) is 9.72 Å². The largest absolute Gasteiger partial charge is 0.444 e. The maximum atomic E-state index is 12.3. The van der Waals surface area contributed by atoms with Gasteiger partial charge in [0.2, 0.25) is 0 Å². The number of fused-ring (bicyclic) bond motifs is 1. The van der Waals surface area contributed by atoms with E-state index in [0.29, 0.717) is 19.0 Å². The SMILES string of the molecule is Cc1cc(Nc2nc(C3CCN(C(=O)OC(C)(C)C)CC3)cn3cccc23)n[nH]1. The molecule has 2 N–H and O–H groups in total. The van der Waals surface area contributed by atoms with Gasteiger partial charge in [0, 0.05) is 43.2 Å². The third-order valence-electron chi connectivity index (χ3n) is 5.05. The van der Waals surface area contributed by atoms with Gasteiger partial charge >= 0.3 is 6.09 Å². The van der Waals surface area contributed by atoms with Gasteiger partial charge in [0.1, 0.15) is 5.60 Å². The number of ether oxygens (including phenoxy) is 1. The lowest BCUT2D eigenvalue weighted by Gasteiger charge is -2.33. The maximum absolute atomic E-state index is 12.3. The van der Waals surface area contributed by atoms with Gasteiger partial charge in [0.25, 0.3) is 0 Å². The van der Waals surface area contributed by atoms with Gasteiger partial charge in [0.05, 0.1) is 11.2 Å². The molecule has 0 spiro atoms. The van der Waals surface area contributed by atoms with Crippen LogP contribution < -0.4 is 5.32 Å². The van der Waals surface area contributed by atoms with Crippen molar-refractivity contribution in [2.24, 2.45) is 0 Å². The molecule has 1 saturated heterocycles. The summed E-state index contributed by atoms with van der Waals surface area (Å²) in [4.78, 5) is 19.0. The van der Waals surface area contributed by atoms with Crippen LogP contribution in [-0.2, 0) is 4.74 Å². The first kappa shape index (κ1) is 19.3. The molecule has 0 radical (unpaired) electrons.